The van der Waals surface area contributed by atoms with Gasteiger partial charge in [0.05, 0.1) is 11.4 Å². The second-order valence-corrected chi connectivity index (χ2v) is 6.49. The number of carboxylic acids is 1. The molecule has 0 aliphatic carbocycles. The van der Waals surface area contributed by atoms with Crippen LogP contribution in [0.5, 0.6) is 0 Å². The minimum Gasteiger partial charge on any atom is -0.480 e. The molecule has 1 unspecified atom stereocenters. The van der Waals surface area contributed by atoms with Gasteiger partial charge in [0.2, 0.25) is 0 Å². The Hall–Kier alpha value is -0.950. The molecule has 0 aromatic carbocycles. The second-order valence-electron chi connectivity index (χ2n) is 3.26. The summed E-state index contributed by atoms with van der Waals surface area (Å²) in [5.74, 6) is -1.72. The number of sulfone groups is 1. The maximum atomic E-state index is 11.6. The predicted octanol–water partition coefficient (Wildman–Crippen LogP) is 1.23. The largest absolute Gasteiger partial charge is 0.480 e. The number of aromatic nitrogens is 1. The van der Waals surface area contributed by atoms with Crippen molar-refractivity contribution in [3.8, 4) is 0 Å². The molecule has 5 nitrogen and oxygen atoms in total. The zero-order valence-electron chi connectivity index (χ0n) is 8.42. The molecule has 0 spiro atoms. The highest BCUT2D eigenvalue weighted by Crippen LogP contribution is 2.12. The van der Waals surface area contributed by atoms with Crippen molar-refractivity contribution in [3.05, 3.63) is 28.5 Å². The van der Waals surface area contributed by atoms with E-state index in [2.05, 4.69) is 20.9 Å². The van der Waals surface area contributed by atoms with Crippen LogP contribution in [0.15, 0.2) is 22.8 Å². The van der Waals surface area contributed by atoms with Crippen molar-refractivity contribution >= 4 is 31.7 Å². The monoisotopic (exact) mass is 307 g/mol. The van der Waals surface area contributed by atoms with Gasteiger partial charge in [0, 0.05) is 10.7 Å². The van der Waals surface area contributed by atoms with E-state index in [0.717, 1.165) is 11.4 Å². The molecule has 0 saturated heterocycles. The van der Waals surface area contributed by atoms with Crippen LogP contribution in [0.2, 0.25) is 0 Å². The van der Waals surface area contributed by atoms with Gasteiger partial charge in [-0.15, -0.1) is 0 Å². The van der Waals surface area contributed by atoms with Gasteiger partial charge in [-0.2, -0.15) is 0 Å². The third-order valence-corrected chi connectivity index (χ3v) is 4.47. The Morgan fingerprint density at radius 3 is 2.62 bits per heavy atom. The molecule has 0 aliphatic rings. The lowest BCUT2D eigenvalue weighted by molar-refractivity contribution is -0.136. The highest BCUT2D eigenvalue weighted by Gasteiger charge is 2.28. The van der Waals surface area contributed by atoms with Gasteiger partial charge in [0.25, 0.3) is 0 Å². The van der Waals surface area contributed by atoms with E-state index in [9.17, 15) is 13.2 Å². The lowest BCUT2D eigenvalue weighted by Gasteiger charge is -2.07. The summed E-state index contributed by atoms with van der Waals surface area (Å²) in [4.78, 5) is 14.5. The molecule has 1 aromatic heterocycles. The molecule has 0 radical (unpaired) electrons. The van der Waals surface area contributed by atoms with Crippen LogP contribution in [0.4, 0.5) is 0 Å². The average Bonchev–Trinajstić information content (AvgIpc) is 2.20. The van der Waals surface area contributed by atoms with Gasteiger partial charge in [-0.3, -0.25) is 9.78 Å². The van der Waals surface area contributed by atoms with E-state index < -0.39 is 21.1 Å². The summed E-state index contributed by atoms with van der Waals surface area (Å²) < 4.78 is 23.9. The maximum absolute atomic E-state index is 11.6. The molecular weight excluding hydrogens is 298 g/mol. The first-order chi connectivity index (χ1) is 7.33. The zero-order chi connectivity index (χ0) is 12.3. The van der Waals surface area contributed by atoms with Gasteiger partial charge >= 0.3 is 5.97 Å². The molecule has 7 heteroatoms. The summed E-state index contributed by atoms with van der Waals surface area (Å²) >= 11 is 3.17. The maximum Gasteiger partial charge on any atom is 0.321 e. The van der Waals surface area contributed by atoms with Gasteiger partial charge in [0.15, 0.2) is 15.1 Å². The number of rotatable bonds is 4. The molecule has 0 fully saturated rings. The number of hydrogen-bond donors (Lipinski definition) is 1. The molecule has 0 amide bonds. The molecule has 1 aromatic rings. The smallest absolute Gasteiger partial charge is 0.321 e. The summed E-state index contributed by atoms with van der Waals surface area (Å²) in [6.45, 7) is 1.15. The Morgan fingerprint density at radius 1 is 1.56 bits per heavy atom. The number of pyridine rings is 1. The fraction of sp³-hybridized carbons (Fsp3) is 0.333. The molecule has 1 atom stereocenters. The van der Waals surface area contributed by atoms with E-state index in [0.29, 0.717) is 5.69 Å². The molecule has 0 aliphatic heterocycles. The van der Waals surface area contributed by atoms with Crippen molar-refractivity contribution in [1.29, 1.82) is 0 Å². The standard InChI is InChI=1S/C9H10BrNO4S/c1-6(9(12)13)16(14,15)5-8-3-2-7(10)4-11-8/h2-4,6H,5H2,1H3,(H,12,13). The van der Waals surface area contributed by atoms with Crippen LogP contribution in [0.1, 0.15) is 12.6 Å². The molecule has 1 heterocycles. The second kappa shape index (κ2) is 4.92. The first-order valence-electron chi connectivity index (χ1n) is 4.38. The Labute approximate surface area is 102 Å². The quantitative estimate of drug-likeness (QED) is 0.904. The molecular formula is C9H10BrNO4S. The lowest BCUT2D eigenvalue weighted by atomic mass is 10.4. The number of carboxylic acid groups (broad SMARTS) is 1. The number of nitrogens with zero attached hydrogens (tertiary/aromatic N) is 1. The predicted molar refractivity (Wildman–Crippen MR) is 61.7 cm³/mol. The van der Waals surface area contributed by atoms with Crippen molar-refractivity contribution in [3.63, 3.8) is 0 Å². The van der Waals surface area contributed by atoms with Crippen LogP contribution in [0, 0.1) is 0 Å². The van der Waals surface area contributed by atoms with E-state index in [-0.39, 0.29) is 5.75 Å². The molecule has 16 heavy (non-hydrogen) atoms. The summed E-state index contributed by atoms with van der Waals surface area (Å²) in [7, 11) is -3.70. The highest BCUT2D eigenvalue weighted by atomic mass is 79.9. The van der Waals surface area contributed by atoms with E-state index in [1.165, 1.54) is 12.3 Å². The van der Waals surface area contributed by atoms with Gasteiger partial charge in [-0.25, -0.2) is 8.42 Å². The minimum absolute atomic E-state index is 0.330. The van der Waals surface area contributed by atoms with Crippen molar-refractivity contribution in [2.75, 3.05) is 0 Å². The van der Waals surface area contributed by atoms with Crippen molar-refractivity contribution < 1.29 is 18.3 Å². The van der Waals surface area contributed by atoms with Crippen LogP contribution < -0.4 is 0 Å². The van der Waals surface area contributed by atoms with E-state index in [1.807, 2.05) is 0 Å². The van der Waals surface area contributed by atoms with Crippen LogP contribution >= 0.6 is 15.9 Å². The molecule has 88 valence electrons. The van der Waals surface area contributed by atoms with Gasteiger partial charge < -0.3 is 5.11 Å². The van der Waals surface area contributed by atoms with Gasteiger partial charge in [0.1, 0.15) is 0 Å². The third kappa shape index (κ3) is 3.28. The SMILES string of the molecule is CC(C(=O)O)S(=O)(=O)Cc1ccc(Br)cn1. The summed E-state index contributed by atoms with van der Waals surface area (Å²) in [6, 6.07) is 3.19. The lowest BCUT2D eigenvalue weighted by Crippen LogP contribution is -2.28. The van der Waals surface area contributed by atoms with E-state index in [4.69, 9.17) is 5.11 Å². The van der Waals surface area contributed by atoms with Crippen LogP contribution in [-0.4, -0.2) is 29.7 Å². The topological polar surface area (TPSA) is 84.3 Å². The normalized spacial score (nSPS) is 13.4. The Bertz CT molecular complexity index is 483. The van der Waals surface area contributed by atoms with Gasteiger partial charge in [-0.05, 0) is 35.0 Å². The highest BCUT2D eigenvalue weighted by molar-refractivity contribution is 9.10. The minimum atomic E-state index is -3.70. The molecule has 0 saturated carbocycles. The van der Waals surface area contributed by atoms with Crippen LogP contribution in [0.25, 0.3) is 0 Å². The summed E-state index contributed by atoms with van der Waals surface area (Å²) in [6.07, 6.45) is 1.47. The van der Waals surface area contributed by atoms with E-state index >= 15 is 0 Å². The molecule has 1 rings (SSSR count). The number of halogens is 1. The van der Waals surface area contributed by atoms with E-state index in [1.54, 1.807) is 6.07 Å². The summed E-state index contributed by atoms with van der Waals surface area (Å²) in [5, 5.41) is 7.21. The first kappa shape index (κ1) is 13.1. The fourth-order valence-electron chi connectivity index (χ4n) is 0.977. The molecule has 0 bridgehead atoms. The van der Waals surface area contributed by atoms with Crippen LogP contribution in [0.3, 0.4) is 0 Å². The summed E-state index contributed by atoms with van der Waals surface area (Å²) in [5.41, 5.74) is 0.330. The van der Waals surface area contributed by atoms with Crippen molar-refractivity contribution in [1.82, 2.24) is 4.98 Å². The number of aliphatic carboxylic acids is 1. The third-order valence-electron chi connectivity index (χ3n) is 2.02. The fourth-order valence-corrected chi connectivity index (χ4v) is 2.35. The Kier molecular flexibility index (Phi) is 4.03. The molecule has 1 N–H and O–H groups in total. The zero-order valence-corrected chi connectivity index (χ0v) is 10.8. The Morgan fingerprint density at radius 2 is 2.19 bits per heavy atom. The average molecular weight is 308 g/mol. The Balaban J connectivity index is 2.89. The van der Waals surface area contributed by atoms with Crippen LogP contribution in [-0.2, 0) is 20.4 Å². The number of hydrogen-bond acceptors (Lipinski definition) is 4. The number of carbonyl (C=O) groups is 1. The van der Waals surface area contributed by atoms with Crippen molar-refractivity contribution in [2.24, 2.45) is 0 Å². The van der Waals surface area contributed by atoms with Crippen molar-refractivity contribution in [2.45, 2.75) is 17.9 Å². The van der Waals surface area contributed by atoms with Gasteiger partial charge in [-0.1, -0.05) is 0 Å². The first-order valence-corrected chi connectivity index (χ1v) is 6.88.